The molecule has 0 bridgehead atoms. The second kappa shape index (κ2) is 7.10. The Labute approximate surface area is 111 Å². The quantitative estimate of drug-likeness (QED) is 0.536. The van der Waals surface area contributed by atoms with Gasteiger partial charge >= 0.3 is 12.1 Å². The number of carbonyl (C=O) groups excluding carboxylic acids is 2. The predicted molar refractivity (Wildman–Crippen MR) is 73.5 cm³/mol. The molecule has 1 rings (SSSR count). The molecule has 104 valence electrons. The Morgan fingerprint density at radius 3 is 1.79 bits per heavy atom. The van der Waals surface area contributed by atoms with Crippen LogP contribution in [0.2, 0.25) is 0 Å². The number of para-hydroxylation sites is 1. The van der Waals surface area contributed by atoms with Crippen LogP contribution in [-0.4, -0.2) is 30.3 Å². The third-order valence-corrected chi connectivity index (χ3v) is 2.21. The van der Waals surface area contributed by atoms with Crippen molar-refractivity contribution in [2.45, 2.75) is 13.8 Å². The summed E-state index contributed by atoms with van der Waals surface area (Å²) in [5, 5.41) is 20.0. The van der Waals surface area contributed by atoms with Gasteiger partial charge in [-0.1, -0.05) is 6.07 Å². The molecule has 0 aliphatic heterocycles. The molecule has 1 aromatic rings. The Bertz CT molecular complexity index is 424. The van der Waals surface area contributed by atoms with Crippen LogP contribution in [0.4, 0.5) is 21.0 Å². The average molecular weight is 266 g/mol. The lowest BCUT2D eigenvalue weighted by atomic mass is 10.2. The number of rotatable bonds is 4. The maximum absolute atomic E-state index is 11.4. The first-order chi connectivity index (χ1) is 9.08. The number of hydrogen-bond donors (Lipinski definition) is 5. The molecule has 0 aliphatic carbocycles. The van der Waals surface area contributed by atoms with Crippen LogP contribution in [0.15, 0.2) is 18.2 Å². The van der Waals surface area contributed by atoms with E-state index in [2.05, 4.69) is 21.3 Å². The van der Waals surface area contributed by atoms with Gasteiger partial charge in [0.25, 0.3) is 0 Å². The second-order valence-electron chi connectivity index (χ2n) is 3.67. The number of amides is 4. The van der Waals surface area contributed by atoms with E-state index in [9.17, 15) is 14.7 Å². The lowest BCUT2D eigenvalue weighted by molar-refractivity contribution is 0.252. The van der Waals surface area contributed by atoms with Gasteiger partial charge < -0.3 is 26.4 Å². The number of carbonyl (C=O) groups is 2. The first-order valence-corrected chi connectivity index (χ1v) is 6.00. The summed E-state index contributed by atoms with van der Waals surface area (Å²) in [6.07, 6.45) is 0. The molecular weight excluding hydrogens is 248 g/mol. The highest BCUT2D eigenvalue weighted by Gasteiger charge is 2.11. The van der Waals surface area contributed by atoms with E-state index in [-0.39, 0.29) is 17.1 Å². The number of phenols is 1. The van der Waals surface area contributed by atoms with Crippen LogP contribution in [0.3, 0.4) is 0 Å². The molecule has 0 saturated heterocycles. The molecule has 0 aliphatic rings. The topological polar surface area (TPSA) is 102 Å². The summed E-state index contributed by atoms with van der Waals surface area (Å²) >= 11 is 0. The van der Waals surface area contributed by atoms with Crippen LogP contribution in [0, 0.1) is 0 Å². The standard InChI is InChI=1S/C12H18N4O3/c1-3-13-11(18)15-8-6-5-7-9(10(8)17)16-12(19)14-4-2/h5-7,17H,3-4H2,1-2H3,(H2,13,15,18)(H2,14,16,19). The molecule has 0 unspecified atom stereocenters. The van der Waals surface area contributed by atoms with Gasteiger partial charge in [-0.15, -0.1) is 0 Å². The van der Waals surface area contributed by atoms with E-state index in [0.717, 1.165) is 0 Å². The highest BCUT2D eigenvalue weighted by molar-refractivity contribution is 5.96. The first-order valence-electron chi connectivity index (χ1n) is 6.00. The number of hydrogen-bond acceptors (Lipinski definition) is 3. The van der Waals surface area contributed by atoms with Crippen molar-refractivity contribution in [2.24, 2.45) is 0 Å². The van der Waals surface area contributed by atoms with Crippen molar-refractivity contribution >= 4 is 23.4 Å². The van der Waals surface area contributed by atoms with Gasteiger partial charge in [-0.25, -0.2) is 9.59 Å². The molecule has 0 spiro atoms. The summed E-state index contributed by atoms with van der Waals surface area (Å²) in [6, 6.07) is 3.84. The Hall–Kier alpha value is -2.44. The summed E-state index contributed by atoms with van der Waals surface area (Å²) in [5.74, 6) is -0.194. The number of aromatic hydroxyl groups is 1. The third-order valence-electron chi connectivity index (χ3n) is 2.21. The molecule has 0 fully saturated rings. The van der Waals surface area contributed by atoms with Crippen molar-refractivity contribution < 1.29 is 14.7 Å². The monoisotopic (exact) mass is 266 g/mol. The SMILES string of the molecule is CCNC(=O)Nc1cccc(NC(=O)NCC)c1O. The van der Waals surface area contributed by atoms with Crippen molar-refractivity contribution in [3.05, 3.63) is 18.2 Å². The van der Waals surface area contributed by atoms with Crippen LogP contribution in [-0.2, 0) is 0 Å². The maximum Gasteiger partial charge on any atom is 0.319 e. The van der Waals surface area contributed by atoms with E-state index in [1.165, 1.54) is 12.1 Å². The molecule has 7 nitrogen and oxygen atoms in total. The number of anilines is 2. The maximum atomic E-state index is 11.4. The number of nitrogens with one attached hydrogen (secondary N) is 4. The summed E-state index contributed by atoms with van der Waals surface area (Å²) in [5.41, 5.74) is 0.445. The Morgan fingerprint density at radius 1 is 1.00 bits per heavy atom. The molecule has 1 aromatic carbocycles. The normalized spacial score (nSPS) is 9.58. The summed E-state index contributed by atoms with van der Waals surface area (Å²) in [4.78, 5) is 22.7. The van der Waals surface area contributed by atoms with Crippen molar-refractivity contribution in [2.75, 3.05) is 23.7 Å². The zero-order valence-corrected chi connectivity index (χ0v) is 10.9. The molecule has 7 heteroatoms. The zero-order chi connectivity index (χ0) is 14.3. The Kier molecular flexibility index (Phi) is 5.46. The van der Waals surface area contributed by atoms with Gasteiger partial charge in [0.15, 0.2) is 5.75 Å². The van der Waals surface area contributed by atoms with E-state index >= 15 is 0 Å². The summed E-state index contributed by atoms with van der Waals surface area (Å²) in [6.45, 7) is 4.52. The van der Waals surface area contributed by atoms with Crippen LogP contribution in [0.25, 0.3) is 0 Å². The molecule has 0 aromatic heterocycles. The molecular formula is C12H18N4O3. The van der Waals surface area contributed by atoms with Crippen LogP contribution >= 0.6 is 0 Å². The minimum Gasteiger partial charge on any atom is -0.504 e. The van der Waals surface area contributed by atoms with Crippen molar-refractivity contribution in [3.63, 3.8) is 0 Å². The molecule has 19 heavy (non-hydrogen) atoms. The van der Waals surface area contributed by atoms with Crippen molar-refractivity contribution in [1.82, 2.24) is 10.6 Å². The summed E-state index contributed by atoms with van der Waals surface area (Å²) in [7, 11) is 0. The largest absolute Gasteiger partial charge is 0.504 e. The average Bonchev–Trinajstić information content (AvgIpc) is 2.35. The van der Waals surface area contributed by atoms with Crippen LogP contribution in [0.1, 0.15) is 13.8 Å². The van der Waals surface area contributed by atoms with Gasteiger partial charge in [0.05, 0.1) is 11.4 Å². The number of benzene rings is 1. The molecule has 5 N–H and O–H groups in total. The van der Waals surface area contributed by atoms with Crippen molar-refractivity contribution in [3.8, 4) is 5.75 Å². The van der Waals surface area contributed by atoms with Gasteiger partial charge in [-0.2, -0.15) is 0 Å². The van der Waals surface area contributed by atoms with Gasteiger partial charge in [0, 0.05) is 13.1 Å². The molecule has 0 radical (unpaired) electrons. The van der Waals surface area contributed by atoms with Gasteiger partial charge in [-0.3, -0.25) is 0 Å². The van der Waals surface area contributed by atoms with Crippen LogP contribution < -0.4 is 21.3 Å². The highest BCUT2D eigenvalue weighted by atomic mass is 16.3. The molecule has 0 atom stereocenters. The molecule has 4 amide bonds. The number of phenolic OH excluding ortho intramolecular Hbond substituents is 1. The third kappa shape index (κ3) is 4.38. The fraction of sp³-hybridized carbons (Fsp3) is 0.333. The fourth-order valence-electron chi connectivity index (χ4n) is 1.40. The first kappa shape index (κ1) is 14.6. The summed E-state index contributed by atoms with van der Waals surface area (Å²) < 4.78 is 0. The zero-order valence-electron chi connectivity index (χ0n) is 10.9. The fourth-order valence-corrected chi connectivity index (χ4v) is 1.40. The molecule has 0 heterocycles. The van der Waals surface area contributed by atoms with E-state index in [0.29, 0.717) is 13.1 Å². The number of urea groups is 2. The minimum atomic E-state index is -0.423. The van der Waals surface area contributed by atoms with E-state index < -0.39 is 12.1 Å². The van der Waals surface area contributed by atoms with Gasteiger partial charge in [0.1, 0.15) is 0 Å². The van der Waals surface area contributed by atoms with Gasteiger partial charge in [-0.05, 0) is 26.0 Å². The van der Waals surface area contributed by atoms with E-state index in [4.69, 9.17) is 0 Å². The Morgan fingerprint density at radius 2 is 1.42 bits per heavy atom. The lowest BCUT2D eigenvalue weighted by Crippen LogP contribution is -2.29. The minimum absolute atomic E-state index is 0.194. The highest BCUT2D eigenvalue weighted by Crippen LogP contribution is 2.31. The smallest absolute Gasteiger partial charge is 0.319 e. The predicted octanol–water partition coefficient (Wildman–Crippen LogP) is 1.68. The van der Waals surface area contributed by atoms with E-state index in [1.807, 2.05) is 0 Å². The van der Waals surface area contributed by atoms with Crippen molar-refractivity contribution in [1.29, 1.82) is 0 Å². The van der Waals surface area contributed by atoms with Crippen LogP contribution in [0.5, 0.6) is 5.75 Å². The van der Waals surface area contributed by atoms with Gasteiger partial charge in [0.2, 0.25) is 0 Å². The Balaban J connectivity index is 2.80. The van der Waals surface area contributed by atoms with E-state index in [1.54, 1.807) is 19.9 Å². The lowest BCUT2D eigenvalue weighted by Gasteiger charge is -2.12. The molecule has 0 saturated carbocycles. The second-order valence-corrected chi connectivity index (χ2v) is 3.67.